The van der Waals surface area contributed by atoms with Gasteiger partial charge in [0.25, 0.3) is 0 Å². The smallest absolute Gasteiger partial charge is 0.329 e. The molecule has 0 amide bonds. The Morgan fingerprint density at radius 3 is 2.57 bits per heavy atom. The number of benzene rings is 1. The van der Waals surface area contributed by atoms with Crippen LogP contribution in [-0.4, -0.2) is 16.9 Å². The van der Waals surface area contributed by atoms with E-state index in [9.17, 15) is 4.57 Å². The molecular weight excluding hydrogens is 227 g/mol. The van der Waals surface area contributed by atoms with Crippen LogP contribution in [0.5, 0.6) is 5.75 Å². The van der Waals surface area contributed by atoms with Gasteiger partial charge in [-0.1, -0.05) is 11.6 Å². The number of rotatable bonds is 3. The van der Waals surface area contributed by atoms with E-state index in [1.807, 2.05) is 0 Å². The van der Waals surface area contributed by atoms with Crippen molar-refractivity contribution >= 4 is 19.2 Å². The van der Waals surface area contributed by atoms with E-state index < -0.39 is 7.60 Å². The zero-order valence-corrected chi connectivity index (χ0v) is 9.13. The normalized spacial score (nSPS) is 11.4. The Kier molecular flexibility index (Phi) is 3.56. The molecule has 1 aromatic carbocycles. The maximum absolute atomic E-state index is 10.7. The molecule has 14 heavy (non-hydrogen) atoms. The molecule has 6 heteroatoms. The molecule has 2 N–H and O–H groups in total. The summed E-state index contributed by atoms with van der Waals surface area (Å²) in [5.74, 6) is 0.487. The standard InChI is InChI=1S/C8H10ClO4P/c1-13-8-3-6(2-7(9)4-8)5-14(10,11)12/h2-4H,5H2,1H3,(H2,10,11,12). The number of hydrogen-bond donors (Lipinski definition) is 2. The lowest BCUT2D eigenvalue weighted by atomic mass is 10.2. The summed E-state index contributed by atoms with van der Waals surface area (Å²) in [5, 5.41) is 0.396. The highest BCUT2D eigenvalue weighted by atomic mass is 35.5. The molecule has 0 aliphatic carbocycles. The third kappa shape index (κ3) is 3.68. The van der Waals surface area contributed by atoms with Gasteiger partial charge in [0.15, 0.2) is 0 Å². The van der Waals surface area contributed by atoms with E-state index in [0.29, 0.717) is 16.3 Å². The van der Waals surface area contributed by atoms with Crippen LogP contribution in [0.15, 0.2) is 18.2 Å². The monoisotopic (exact) mass is 236 g/mol. The van der Waals surface area contributed by atoms with E-state index >= 15 is 0 Å². The molecule has 0 saturated carbocycles. The van der Waals surface area contributed by atoms with Gasteiger partial charge in [-0.05, 0) is 23.8 Å². The first-order valence-electron chi connectivity index (χ1n) is 3.79. The van der Waals surface area contributed by atoms with E-state index in [4.69, 9.17) is 26.1 Å². The average Bonchev–Trinajstić information content (AvgIpc) is 1.99. The molecule has 0 fully saturated rings. The molecule has 1 rings (SSSR count). The molecule has 1 aromatic rings. The first-order chi connectivity index (χ1) is 6.40. The van der Waals surface area contributed by atoms with Crippen molar-refractivity contribution < 1.29 is 19.1 Å². The molecule has 0 aliphatic rings. The Morgan fingerprint density at radius 2 is 2.07 bits per heavy atom. The molecule has 0 unspecified atom stereocenters. The highest BCUT2D eigenvalue weighted by molar-refractivity contribution is 7.50. The topological polar surface area (TPSA) is 66.8 Å². The highest BCUT2D eigenvalue weighted by Crippen LogP contribution is 2.40. The SMILES string of the molecule is COc1cc(Cl)cc(CP(=O)(O)O)c1. The van der Waals surface area contributed by atoms with Crippen LogP contribution in [0.3, 0.4) is 0 Å². The van der Waals surface area contributed by atoms with Crippen LogP contribution < -0.4 is 4.74 Å². The zero-order valence-electron chi connectivity index (χ0n) is 7.48. The van der Waals surface area contributed by atoms with Gasteiger partial charge >= 0.3 is 7.60 Å². The molecule has 0 spiro atoms. The van der Waals surface area contributed by atoms with Crippen LogP contribution in [-0.2, 0) is 10.7 Å². The fourth-order valence-electron chi connectivity index (χ4n) is 1.07. The van der Waals surface area contributed by atoms with E-state index in [0.717, 1.165) is 0 Å². The van der Waals surface area contributed by atoms with Crippen molar-refractivity contribution in [2.45, 2.75) is 6.16 Å². The summed E-state index contributed by atoms with van der Waals surface area (Å²) in [6, 6.07) is 4.62. The second-order valence-corrected chi connectivity index (χ2v) is 4.90. The molecule has 0 heterocycles. The Balaban J connectivity index is 2.98. The Bertz CT molecular complexity index is 374. The van der Waals surface area contributed by atoms with Gasteiger partial charge in [-0.15, -0.1) is 0 Å². The van der Waals surface area contributed by atoms with Crippen molar-refractivity contribution in [1.29, 1.82) is 0 Å². The second-order valence-electron chi connectivity index (χ2n) is 2.82. The van der Waals surface area contributed by atoms with E-state index in [-0.39, 0.29) is 6.16 Å². The average molecular weight is 237 g/mol. The third-order valence-corrected chi connectivity index (χ3v) is 2.55. The second kappa shape index (κ2) is 4.32. The van der Waals surface area contributed by atoms with Crippen molar-refractivity contribution in [3.05, 3.63) is 28.8 Å². The predicted octanol–water partition coefficient (Wildman–Crippen LogP) is 2.03. The van der Waals surface area contributed by atoms with Gasteiger partial charge in [-0.2, -0.15) is 0 Å². The van der Waals surface area contributed by atoms with Crippen LogP contribution in [0.1, 0.15) is 5.56 Å². The van der Waals surface area contributed by atoms with Crippen molar-refractivity contribution in [1.82, 2.24) is 0 Å². The Hall–Kier alpha value is -0.540. The lowest BCUT2D eigenvalue weighted by molar-refractivity contribution is 0.371. The van der Waals surface area contributed by atoms with Crippen LogP contribution in [0.25, 0.3) is 0 Å². The molecule has 0 atom stereocenters. The van der Waals surface area contributed by atoms with Crippen molar-refractivity contribution in [3.63, 3.8) is 0 Å². The van der Waals surface area contributed by atoms with E-state index in [1.165, 1.54) is 13.2 Å². The fraction of sp³-hybridized carbons (Fsp3) is 0.250. The minimum atomic E-state index is -4.05. The maximum atomic E-state index is 10.7. The van der Waals surface area contributed by atoms with E-state index in [2.05, 4.69) is 0 Å². The minimum Gasteiger partial charge on any atom is -0.497 e. The summed E-state index contributed by atoms with van der Waals surface area (Å²) in [6.45, 7) is 0. The van der Waals surface area contributed by atoms with Crippen LogP contribution in [0.4, 0.5) is 0 Å². The molecular formula is C8H10ClO4P. The number of methoxy groups -OCH3 is 1. The maximum Gasteiger partial charge on any atom is 0.329 e. The zero-order chi connectivity index (χ0) is 10.8. The Labute approximate surface area is 86.6 Å². The first kappa shape index (κ1) is 11.5. The van der Waals surface area contributed by atoms with Crippen LogP contribution in [0.2, 0.25) is 5.02 Å². The molecule has 4 nitrogen and oxygen atoms in total. The van der Waals surface area contributed by atoms with Gasteiger partial charge in [0.2, 0.25) is 0 Å². The van der Waals surface area contributed by atoms with Crippen LogP contribution >= 0.6 is 19.2 Å². The van der Waals surface area contributed by atoms with Gasteiger partial charge in [0, 0.05) is 5.02 Å². The summed E-state index contributed by atoms with van der Waals surface area (Å²) >= 11 is 5.72. The van der Waals surface area contributed by atoms with Crippen molar-refractivity contribution in [2.75, 3.05) is 7.11 Å². The summed E-state index contributed by atoms with van der Waals surface area (Å²) in [6.07, 6.45) is -0.329. The Morgan fingerprint density at radius 1 is 1.43 bits per heavy atom. The van der Waals surface area contributed by atoms with Crippen molar-refractivity contribution in [3.8, 4) is 5.75 Å². The summed E-state index contributed by atoms with van der Waals surface area (Å²) in [4.78, 5) is 17.5. The van der Waals surface area contributed by atoms with Gasteiger partial charge in [0.05, 0.1) is 13.3 Å². The molecule has 0 radical (unpaired) electrons. The minimum absolute atomic E-state index is 0.329. The largest absolute Gasteiger partial charge is 0.497 e. The fourth-order valence-corrected chi connectivity index (χ4v) is 1.97. The molecule has 78 valence electrons. The lowest BCUT2D eigenvalue weighted by Crippen LogP contribution is -1.89. The van der Waals surface area contributed by atoms with Gasteiger partial charge in [0.1, 0.15) is 5.75 Å². The molecule has 0 saturated heterocycles. The lowest BCUT2D eigenvalue weighted by Gasteiger charge is -2.06. The summed E-state index contributed by atoms with van der Waals surface area (Å²) < 4.78 is 15.6. The predicted molar refractivity (Wildman–Crippen MR) is 53.8 cm³/mol. The van der Waals surface area contributed by atoms with Gasteiger partial charge in [-0.3, -0.25) is 4.57 Å². The van der Waals surface area contributed by atoms with Crippen molar-refractivity contribution in [2.24, 2.45) is 0 Å². The van der Waals surface area contributed by atoms with E-state index in [1.54, 1.807) is 12.1 Å². The molecule has 0 aromatic heterocycles. The third-order valence-electron chi connectivity index (χ3n) is 1.56. The first-order valence-corrected chi connectivity index (χ1v) is 5.96. The number of hydrogen-bond acceptors (Lipinski definition) is 2. The summed E-state index contributed by atoms with van der Waals surface area (Å²) in [7, 11) is -2.59. The molecule has 0 aliphatic heterocycles. The number of ether oxygens (including phenoxy) is 1. The highest BCUT2D eigenvalue weighted by Gasteiger charge is 2.14. The van der Waals surface area contributed by atoms with Gasteiger partial charge in [-0.25, -0.2) is 0 Å². The quantitative estimate of drug-likeness (QED) is 0.788. The van der Waals surface area contributed by atoms with Gasteiger partial charge < -0.3 is 14.5 Å². The number of halogens is 1. The summed E-state index contributed by atoms with van der Waals surface area (Å²) in [5.41, 5.74) is 0.461. The van der Waals surface area contributed by atoms with Crippen LogP contribution in [0, 0.1) is 0 Å². The molecule has 0 bridgehead atoms.